The number of nitrogens with zero attached hydrogens (tertiary/aromatic N) is 3. The molecule has 3 fully saturated rings. The van der Waals surface area contributed by atoms with Gasteiger partial charge in [0.2, 0.25) is 0 Å². The fraction of sp³-hybridized carbons (Fsp3) is 0.696. The van der Waals surface area contributed by atoms with Crippen LogP contribution in [0.3, 0.4) is 0 Å². The van der Waals surface area contributed by atoms with Crippen molar-refractivity contribution in [3.63, 3.8) is 0 Å². The van der Waals surface area contributed by atoms with Crippen LogP contribution in [-0.2, 0) is 19.7 Å². The smallest absolute Gasteiger partial charge is 0.272 e. The molecule has 1 saturated carbocycles. The maximum Gasteiger partial charge on any atom is 0.272 e. The number of amides is 1. The second kappa shape index (κ2) is 9.65. The molecule has 0 aromatic carbocycles. The summed E-state index contributed by atoms with van der Waals surface area (Å²) in [5.74, 6) is -0.0129. The lowest BCUT2D eigenvalue weighted by Gasteiger charge is -2.39. The van der Waals surface area contributed by atoms with Gasteiger partial charge in [0.1, 0.15) is 15.5 Å². The van der Waals surface area contributed by atoms with Crippen LogP contribution in [0.2, 0.25) is 0 Å². The molecule has 1 aliphatic carbocycles. The molecule has 0 bridgehead atoms. The van der Waals surface area contributed by atoms with Crippen LogP contribution in [0.25, 0.3) is 0 Å². The largest absolute Gasteiger partial charge is 0.335 e. The number of hydroxylamine groups is 1. The zero-order valence-electron chi connectivity index (χ0n) is 19.1. The molecule has 10 heteroatoms. The van der Waals surface area contributed by atoms with Gasteiger partial charge in [0.05, 0.1) is 0 Å². The zero-order valence-corrected chi connectivity index (χ0v) is 20.7. The number of carbonyl (C=O) groups is 1. The number of piperazine rings is 1. The van der Waals surface area contributed by atoms with Crippen LogP contribution in [0.1, 0.15) is 51.4 Å². The Balaban J connectivity index is 1.16. The molecule has 4 heterocycles. The summed E-state index contributed by atoms with van der Waals surface area (Å²) >= 11 is 1.24. The van der Waals surface area contributed by atoms with Crippen LogP contribution in [0.5, 0.6) is 0 Å². The Morgan fingerprint density at radius 2 is 1.73 bits per heavy atom. The maximum atomic E-state index is 13.1. The summed E-state index contributed by atoms with van der Waals surface area (Å²) in [6.07, 6.45) is 10.9. The third-order valence-electron chi connectivity index (χ3n) is 7.60. The molecular weight excluding hydrogens is 460 g/mol. The van der Waals surface area contributed by atoms with Crippen molar-refractivity contribution >= 4 is 27.3 Å². The zero-order chi connectivity index (χ0) is 22.9. The van der Waals surface area contributed by atoms with Gasteiger partial charge in [-0.15, -0.1) is 11.3 Å². The summed E-state index contributed by atoms with van der Waals surface area (Å²) in [6, 6.07) is 4.07. The maximum absolute atomic E-state index is 13.1. The molecular formula is C23H34N4O4S2. The minimum absolute atomic E-state index is 0.0129. The number of hydrogen-bond acceptors (Lipinski definition) is 7. The van der Waals surface area contributed by atoms with Gasteiger partial charge in [-0.2, -0.15) is 4.31 Å². The summed E-state index contributed by atoms with van der Waals surface area (Å²) < 4.78 is 27.5. The molecule has 0 radical (unpaired) electrons. The SMILES string of the molecule is O=C(C1=CC2(CCN(S(=O)(=O)c3cccs3)CC2)ON1)N1CCN(C2CCCCCC2)CC1. The normalized spacial score (nSPS) is 25.6. The average molecular weight is 495 g/mol. The van der Waals surface area contributed by atoms with Crippen molar-refractivity contribution in [3.8, 4) is 0 Å². The van der Waals surface area contributed by atoms with Gasteiger partial charge in [-0.1, -0.05) is 31.7 Å². The first-order valence-electron chi connectivity index (χ1n) is 12.2. The van der Waals surface area contributed by atoms with Crippen molar-refractivity contribution in [2.75, 3.05) is 39.3 Å². The molecule has 1 spiro atoms. The molecule has 3 aliphatic heterocycles. The molecule has 1 aromatic heterocycles. The van der Waals surface area contributed by atoms with Gasteiger partial charge in [0.25, 0.3) is 15.9 Å². The number of thiophene rings is 1. The van der Waals surface area contributed by atoms with E-state index in [0.717, 1.165) is 26.2 Å². The van der Waals surface area contributed by atoms with Crippen molar-refractivity contribution in [1.29, 1.82) is 0 Å². The summed E-state index contributed by atoms with van der Waals surface area (Å²) in [4.78, 5) is 23.5. The highest BCUT2D eigenvalue weighted by molar-refractivity contribution is 7.91. The average Bonchev–Trinajstić information content (AvgIpc) is 3.44. The Morgan fingerprint density at radius 3 is 2.36 bits per heavy atom. The first-order chi connectivity index (χ1) is 16.0. The standard InChI is InChI=1S/C23H34N4O4S2/c28-22(26-15-13-25(14-16-26)19-6-3-1-2-4-7-19)20-18-23(31-24-20)9-11-27(12-10-23)33(29,30)21-8-5-17-32-21/h5,8,17-19,24H,1-4,6-7,9-16H2. The second-order valence-electron chi connectivity index (χ2n) is 9.64. The lowest BCUT2D eigenvalue weighted by molar-refractivity contribution is -0.131. The number of rotatable bonds is 4. The quantitative estimate of drug-likeness (QED) is 0.648. The van der Waals surface area contributed by atoms with Crippen LogP contribution in [-0.4, -0.2) is 79.3 Å². The topological polar surface area (TPSA) is 82.2 Å². The third kappa shape index (κ3) is 4.86. The summed E-state index contributed by atoms with van der Waals surface area (Å²) in [5, 5.41) is 1.78. The van der Waals surface area contributed by atoms with Crippen molar-refractivity contribution in [2.45, 2.75) is 67.2 Å². The molecule has 1 aromatic rings. The first kappa shape index (κ1) is 23.3. The molecule has 2 saturated heterocycles. The predicted molar refractivity (Wildman–Crippen MR) is 127 cm³/mol. The number of piperidine rings is 1. The van der Waals surface area contributed by atoms with E-state index in [0.29, 0.717) is 41.9 Å². The van der Waals surface area contributed by atoms with E-state index in [-0.39, 0.29) is 5.91 Å². The van der Waals surface area contributed by atoms with E-state index in [1.807, 2.05) is 11.0 Å². The minimum atomic E-state index is -3.45. The Hall–Kier alpha value is -1.46. The summed E-state index contributed by atoms with van der Waals surface area (Å²) in [5.41, 5.74) is 2.75. The van der Waals surface area contributed by atoms with Crippen molar-refractivity contribution in [1.82, 2.24) is 19.6 Å². The molecule has 1 amide bonds. The van der Waals surface area contributed by atoms with Crippen molar-refractivity contribution in [2.24, 2.45) is 0 Å². The van der Waals surface area contributed by atoms with Crippen LogP contribution in [0, 0.1) is 0 Å². The van der Waals surface area contributed by atoms with E-state index in [1.54, 1.807) is 17.5 Å². The van der Waals surface area contributed by atoms with Gasteiger partial charge in [0, 0.05) is 45.3 Å². The van der Waals surface area contributed by atoms with Gasteiger partial charge in [-0.3, -0.25) is 20.0 Å². The van der Waals surface area contributed by atoms with Gasteiger partial charge >= 0.3 is 0 Å². The number of sulfonamides is 1. The van der Waals surface area contributed by atoms with E-state index in [4.69, 9.17) is 4.84 Å². The fourth-order valence-electron chi connectivity index (χ4n) is 5.56. The second-order valence-corrected chi connectivity index (χ2v) is 12.7. The molecule has 182 valence electrons. The van der Waals surface area contributed by atoms with Gasteiger partial charge in [0.15, 0.2) is 0 Å². The molecule has 0 atom stereocenters. The first-order valence-corrected chi connectivity index (χ1v) is 14.5. The summed E-state index contributed by atoms with van der Waals surface area (Å²) in [6.45, 7) is 4.11. The van der Waals surface area contributed by atoms with Gasteiger partial charge in [-0.25, -0.2) is 8.42 Å². The summed E-state index contributed by atoms with van der Waals surface area (Å²) in [7, 11) is -3.45. The monoisotopic (exact) mass is 494 g/mol. The molecule has 0 unspecified atom stereocenters. The molecule has 8 nitrogen and oxygen atoms in total. The highest BCUT2D eigenvalue weighted by Gasteiger charge is 2.43. The van der Waals surface area contributed by atoms with E-state index in [9.17, 15) is 13.2 Å². The van der Waals surface area contributed by atoms with Crippen LogP contribution in [0.4, 0.5) is 0 Å². The van der Waals surface area contributed by atoms with E-state index < -0.39 is 15.6 Å². The third-order valence-corrected chi connectivity index (χ3v) is 10.9. The molecule has 1 N–H and O–H groups in total. The van der Waals surface area contributed by atoms with Crippen LogP contribution >= 0.6 is 11.3 Å². The minimum Gasteiger partial charge on any atom is -0.335 e. The van der Waals surface area contributed by atoms with Crippen LogP contribution < -0.4 is 5.48 Å². The Labute approximate surface area is 200 Å². The predicted octanol–water partition coefficient (Wildman–Crippen LogP) is 2.56. The van der Waals surface area contributed by atoms with Crippen LogP contribution in [0.15, 0.2) is 33.5 Å². The Kier molecular flexibility index (Phi) is 6.81. The molecule has 4 aliphatic rings. The Morgan fingerprint density at radius 1 is 1.03 bits per heavy atom. The highest BCUT2D eigenvalue weighted by atomic mass is 32.2. The number of nitrogens with one attached hydrogen (secondary N) is 1. The van der Waals surface area contributed by atoms with Crippen molar-refractivity contribution in [3.05, 3.63) is 29.3 Å². The number of carbonyl (C=O) groups excluding carboxylic acids is 1. The Bertz CT molecular complexity index is 955. The van der Waals surface area contributed by atoms with Gasteiger partial charge in [-0.05, 0) is 43.2 Å². The molecule has 5 rings (SSSR count). The van der Waals surface area contributed by atoms with E-state index in [2.05, 4.69) is 10.4 Å². The van der Waals surface area contributed by atoms with Gasteiger partial charge < -0.3 is 4.90 Å². The number of hydrogen-bond donors (Lipinski definition) is 1. The lowest BCUT2D eigenvalue weighted by Crippen LogP contribution is -2.52. The highest BCUT2D eigenvalue weighted by Crippen LogP contribution is 2.35. The van der Waals surface area contributed by atoms with E-state index in [1.165, 1.54) is 54.2 Å². The lowest BCUT2D eigenvalue weighted by atomic mass is 9.92. The fourth-order valence-corrected chi connectivity index (χ4v) is 8.14. The molecule has 33 heavy (non-hydrogen) atoms. The van der Waals surface area contributed by atoms with E-state index >= 15 is 0 Å². The van der Waals surface area contributed by atoms with Crippen molar-refractivity contribution < 1.29 is 18.0 Å².